The maximum absolute atomic E-state index is 10.9. The molecule has 0 saturated heterocycles. The van der Waals surface area contributed by atoms with Gasteiger partial charge in [-0.1, -0.05) is 0 Å². The largest absolute Gasteiger partial charge is 0.465 e. The Bertz CT molecular complexity index is 184. The molecule has 12 heavy (non-hydrogen) atoms. The highest BCUT2D eigenvalue weighted by Crippen LogP contribution is 1.95. The van der Waals surface area contributed by atoms with Crippen LogP contribution in [-0.4, -0.2) is 30.1 Å². The first-order valence-corrected chi connectivity index (χ1v) is 3.93. The lowest BCUT2D eigenvalue weighted by molar-refractivity contribution is -0.144. The minimum atomic E-state index is -0.354. The maximum Gasteiger partial charge on any atom is 0.326 e. The van der Waals surface area contributed by atoms with Crippen molar-refractivity contribution in [1.82, 2.24) is 4.90 Å². The quantitative estimate of drug-likeness (QED) is 0.355. The third-order valence-corrected chi connectivity index (χ3v) is 1.36. The Morgan fingerprint density at radius 3 is 2.58 bits per heavy atom. The van der Waals surface area contributed by atoms with Crippen LogP contribution in [0.5, 0.6) is 0 Å². The van der Waals surface area contributed by atoms with Gasteiger partial charge in [0, 0.05) is 6.04 Å². The number of hydrogen-bond donors (Lipinski definition) is 0. The first-order valence-electron chi connectivity index (χ1n) is 3.93. The van der Waals surface area contributed by atoms with Crippen LogP contribution >= 0.6 is 0 Å². The fourth-order valence-corrected chi connectivity index (χ4v) is 0.679. The van der Waals surface area contributed by atoms with Gasteiger partial charge < -0.3 is 4.74 Å². The number of hydrogen-bond acceptors (Lipinski definition) is 4. The predicted molar refractivity (Wildman–Crippen MR) is 44.1 cm³/mol. The van der Waals surface area contributed by atoms with Gasteiger partial charge in [-0.3, -0.25) is 9.69 Å². The van der Waals surface area contributed by atoms with Gasteiger partial charge in [0.15, 0.2) is 6.19 Å². The second-order valence-electron chi connectivity index (χ2n) is 2.63. The molecule has 0 aromatic rings. The fourth-order valence-electron chi connectivity index (χ4n) is 0.679. The summed E-state index contributed by atoms with van der Waals surface area (Å²) in [4.78, 5) is 12.3. The number of nitriles is 1. The summed E-state index contributed by atoms with van der Waals surface area (Å²) < 4.78 is 4.69. The van der Waals surface area contributed by atoms with Gasteiger partial charge >= 0.3 is 5.97 Å². The lowest BCUT2D eigenvalue weighted by Gasteiger charge is -2.17. The monoisotopic (exact) mass is 170 g/mol. The maximum atomic E-state index is 10.9. The third kappa shape index (κ3) is 3.81. The van der Waals surface area contributed by atoms with E-state index >= 15 is 0 Å². The Labute approximate surface area is 72.7 Å². The van der Waals surface area contributed by atoms with E-state index < -0.39 is 0 Å². The van der Waals surface area contributed by atoms with Crippen LogP contribution in [0.15, 0.2) is 0 Å². The van der Waals surface area contributed by atoms with Crippen LogP contribution in [0.4, 0.5) is 0 Å². The molecule has 0 atom stereocenters. The summed E-state index contributed by atoms with van der Waals surface area (Å²) >= 11 is 0. The molecular weight excluding hydrogens is 156 g/mol. The van der Waals surface area contributed by atoms with E-state index in [2.05, 4.69) is 0 Å². The standard InChI is InChI=1S/C8H14N2O2/c1-4-12-8(11)5-10(6-9)7(2)3/h7H,4-5H2,1-3H3. The van der Waals surface area contributed by atoms with Gasteiger partial charge in [0.2, 0.25) is 0 Å². The molecule has 0 aliphatic heterocycles. The second kappa shape index (κ2) is 5.42. The van der Waals surface area contributed by atoms with E-state index in [1.165, 1.54) is 4.90 Å². The van der Waals surface area contributed by atoms with Crippen LogP contribution in [-0.2, 0) is 9.53 Å². The average Bonchev–Trinajstić information content (AvgIpc) is 2.00. The molecule has 0 aliphatic carbocycles. The summed E-state index contributed by atoms with van der Waals surface area (Å²) in [6.07, 6.45) is 1.92. The first kappa shape index (κ1) is 10.8. The zero-order valence-electron chi connectivity index (χ0n) is 7.70. The summed E-state index contributed by atoms with van der Waals surface area (Å²) in [6.45, 7) is 5.84. The number of esters is 1. The van der Waals surface area contributed by atoms with Crippen LogP contribution in [0, 0.1) is 11.5 Å². The first-order chi connectivity index (χ1) is 5.61. The molecule has 0 fully saturated rings. The molecule has 0 aromatic carbocycles. The van der Waals surface area contributed by atoms with Crippen molar-refractivity contribution in [2.75, 3.05) is 13.2 Å². The van der Waals surface area contributed by atoms with Crippen molar-refractivity contribution < 1.29 is 9.53 Å². The van der Waals surface area contributed by atoms with Crippen LogP contribution in [0.1, 0.15) is 20.8 Å². The lowest BCUT2D eigenvalue weighted by atomic mass is 10.3. The predicted octanol–water partition coefficient (Wildman–Crippen LogP) is 0.741. The minimum Gasteiger partial charge on any atom is -0.465 e. The van der Waals surface area contributed by atoms with Crippen LogP contribution < -0.4 is 0 Å². The summed E-state index contributed by atoms with van der Waals surface area (Å²) in [5.74, 6) is -0.354. The Morgan fingerprint density at radius 1 is 1.67 bits per heavy atom. The number of carbonyl (C=O) groups excluding carboxylic acids is 1. The molecule has 0 saturated carbocycles. The van der Waals surface area contributed by atoms with Crippen molar-refractivity contribution in [2.24, 2.45) is 0 Å². The second-order valence-corrected chi connectivity index (χ2v) is 2.63. The average molecular weight is 170 g/mol. The summed E-state index contributed by atoms with van der Waals surface area (Å²) in [7, 11) is 0. The molecule has 0 N–H and O–H groups in total. The highest BCUT2D eigenvalue weighted by atomic mass is 16.5. The number of ether oxygens (including phenoxy) is 1. The van der Waals surface area contributed by atoms with E-state index in [9.17, 15) is 4.79 Å². The minimum absolute atomic E-state index is 0.0411. The van der Waals surface area contributed by atoms with Crippen molar-refractivity contribution in [3.63, 3.8) is 0 Å². The molecule has 0 radical (unpaired) electrons. The van der Waals surface area contributed by atoms with Crippen molar-refractivity contribution in [3.05, 3.63) is 0 Å². The van der Waals surface area contributed by atoms with Crippen molar-refractivity contribution in [2.45, 2.75) is 26.8 Å². The van der Waals surface area contributed by atoms with Crippen molar-refractivity contribution in [1.29, 1.82) is 5.26 Å². The number of carbonyl (C=O) groups is 1. The number of rotatable bonds is 4. The van der Waals surface area contributed by atoms with E-state index in [4.69, 9.17) is 10.00 Å². The molecule has 0 rings (SSSR count). The highest BCUT2D eigenvalue weighted by molar-refractivity contribution is 5.71. The SMILES string of the molecule is CCOC(=O)CN(C#N)C(C)C. The molecule has 4 heteroatoms. The van der Waals surface area contributed by atoms with Gasteiger partial charge in [0.05, 0.1) is 6.61 Å². The van der Waals surface area contributed by atoms with Crippen molar-refractivity contribution in [3.8, 4) is 6.19 Å². The highest BCUT2D eigenvalue weighted by Gasteiger charge is 2.11. The molecule has 0 aromatic heterocycles. The summed E-state index contributed by atoms with van der Waals surface area (Å²) in [5.41, 5.74) is 0. The Balaban J connectivity index is 3.88. The zero-order chi connectivity index (χ0) is 9.56. The molecule has 0 heterocycles. The van der Waals surface area contributed by atoms with E-state index in [1.54, 1.807) is 6.92 Å². The molecule has 0 bridgehead atoms. The smallest absolute Gasteiger partial charge is 0.326 e. The molecule has 0 amide bonds. The van der Waals surface area contributed by atoms with E-state index in [0.717, 1.165) is 0 Å². The Kier molecular flexibility index (Phi) is 4.86. The molecule has 0 unspecified atom stereocenters. The van der Waals surface area contributed by atoms with Gasteiger partial charge in [0.25, 0.3) is 0 Å². The van der Waals surface area contributed by atoms with Gasteiger partial charge in [-0.05, 0) is 20.8 Å². The zero-order valence-corrected chi connectivity index (χ0v) is 7.70. The van der Waals surface area contributed by atoms with Gasteiger partial charge in [0.1, 0.15) is 6.54 Å². The van der Waals surface area contributed by atoms with E-state index in [0.29, 0.717) is 6.61 Å². The van der Waals surface area contributed by atoms with Gasteiger partial charge in [-0.2, -0.15) is 5.26 Å². The van der Waals surface area contributed by atoms with Crippen LogP contribution in [0.3, 0.4) is 0 Å². The van der Waals surface area contributed by atoms with Crippen molar-refractivity contribution >= 4 is 5.97 Å². The van der Waals surface area contributed by atoms with Crippen LogP contribution in [0.2, 0.25) is 0 Å². The Hall–Kier alpha value is -1.24. The van der Waals surface area contributed by atoms with Gasteiger partial charge in [-0.25, -0.2) is 0 Å². The van der Waals surface area contributed by atoms with Gasteiger partial charge in [-0.15, -0.1) is 0 Å². The topological polar surface area (TPSA) is 53.3 Å². The van der Waals surface area contributed by atoms with E-state index in [1.807, 2.05) is 20.0 Å². The molecule has 0 aliphatic rings. The lowest BCUT2D eigenvalue weighted by Crippen LogP contribution is -2.32. The van der Waals surface area contributed by atoms with Crippen LogP contribution in [0.25, 0.3) is 0 Å². The number of nitrogens with zero attached hydrogens (tertiary/aromatic N) is 2. The molecule has 68 valence electrons. The molecule has 4 nitrogen and oxygen atoms in total. The molecular formula is C8H14N2O2. The fraction of sp³-hybridized carbons (Fsp3) is 0.750. The Morgan fingerprint density at radius 2 is 2.25 bits per heavy atom. The third-order valence-electron chi connectivity index (χ3n) is 1.36. The summed E-state index contributed by atoms with van der Waals surface area (Å²) in [6, 6.07) is 0.0411. The van der Waals surface area contributed by atoms with E-state index in [-0.39, 0.29) is 18.6 Å². The normalized spacial score (nSPS) is 9.25. The molecule has 0 spiro atoms. The summed E-state index contributed by atoms with van der Waals surface area (Å²) in [5, 5.41) is 8.58.